The Balaban J connectivity index is 0. The van der Waals surface area contributed by atoms with E-state index >= 15 is 0 Å². The van der Waals surface area contributed by atoms with Crippen molar-refractivity contribution in [3.05, 3.63) is 0 Å². The van der Waals surface area contributed by atoms with Gasteiger partial charge in [0.1, 0.15) is 10.5 Å². The normalized spacial score (nSPS) is 13.3. The predicted octanol–water partition coefficient (Wildman–Crippen LogP) is 0.578. The van der Waals surface area contributed by atoms with Crippen LogP contribution in [0, 0.1) is 0 Å². The van der Waals surface area contributed by atoms with E-state index in [1.54, 1.807) is 28.4 Å². The van der Waals surface area contributed by atoms with Crippen LogP contribution in [0.25, 0.3) is 0 Å². The molecule has 0 spiro atoms. The van der Waals surface area contributed by atoms with E-state index in [4.69, 9.17) is 13.3 Å². The first-order valence-electron chi connectivity index (χ1n) is 4.63. The Morgan fingerprint density at radius 1 is 1.07 bits per heavy atom. The molecule has 0 aromatic carbocycles. The third kappa shape index (κ3) is 5.23. The van der Waals surface area contributed by atoms with Crippen LogP contribution in [0.2, 0.25) is 5.54 Å². The van der Waals surface area contributed by atoms with Crippen LogP contribution in [-0.4, -0.2) is 47.7 Å². The lowest BCUT2D eigenvalue weighted by molar-refractivity contribution is 0.112. The first-order chi connectivity index (χ1) is 6.58. The van der Waals surface area contributed by atoms with Crippen molar-refractivity contribution in [2.24, 2.45) is 0 Å². The molecule has 14 heavy (non-hydrogen) atoms. The number of rotatable bonds is 5. The quantitative estimate of drug-likeness (QED) is 0.659. The summed E-state index contributed by atoms with van der Waals surface area (Å²) in [7, 11) is 5.17. The third-order valence-electron chi connectivity index (χ3n) is 2.07. The van der Waals surface area contributed by atoms with E-state index in [2.05, 4.69) is 18.3 Å². The van der Waals surface area contributed by atoms with E-state index in [1.165, 1.54) is 0 Å². The molecule has 0 bridgehead atoms. The van der Waals surface area contributed by atoms with Crippen molar-refractivity contribution in [2.75, 3.05) is 28.4 Å². The molecule has 0 radical (unpaired) electrons. The highest BCUT2D eigenvalue weighted by atomic mass is 28.4. The highest BCUT2D eigenvalue weighted by Crippen LogP contribution is 2.25. The van der Waals surface area contributed by atoms with E-state index in [0.717, 1.165) is 16.9 Å². The van der Waals surface area contributed by atoms with Gasteiger partial charge in [-0.05, 0) is 6.42 Å². The fourth-order valence-electron chi connectivity index (χ4n) is 1.10. The van der Waals surface area contributed by atoms with Crippen molar-refractivity contribution < 1.29 is 17.7 Å². The molecule has 1 atom stereocenters. The molecule has 88 valence electrons. The summed E-state index contributed by atoms with van der Waals surface area (Å²) in [5.41, 5.74) is 0.363. The maximum absolute atomic E-state index is 5.28. The van der Waals surface area contributed by atoms with Gasteiger partial charge in [0.2, 0.25) is 0 Å². The summed E-state index contributed by atoms with van der Waals surface area (Å²) in [5, 5.41) is 0. The zero-order valence-electron chi connectivity index (χ0n) is 10.4. The van der Waals surface area contributed by atoms with Crippen molar-refractivity contribution in [3.63, 3.8) is 0 Å². The molecule has 0 rings (SSSR count). The fraction of sp³-hybridized carbons (Fsp3) is 1.00. The van der Waals surface area contributed by atoms with Crippen LogP contribution in [0.4, 0.5) is 0 Å². The first kappa shape index (κ1) is 16.7. The molecule has 0 N–H and O–H groups in total. The van der Waals surface area contributed by atoms with Gasteiger partial charge in [0, 0.05) is 34.0 Å². The van der Waals surface area contributed by atoms with Crippen molar-refractivity contribution in [3.8, 4) is 0 Å². The van der Waals surface area contributed by atoms with Gasteiger partial charge >= 0.3 is 8.80 Å². The molecule has 6 heteroatoms. The molecule has 0 amide bonds. The number of hydrogen-bond donors (Lipinski definition) is 0. The van der Waals surface area contributed by atoms with Gasteiger partial charge < -0.3 is 17.7 Å². The zero-order valence-corrected chi connectivity index (χ0v) is 13.4. The van der Waals surface area contributed by atoms with Crippen LogP contribution in [0.3, 0.4) is 0 Å². The topological polar surface area (TPSA) is 36.9 Å². The summed E-state index contributed by atoms with van der Waals surface area (Å²) in [5.74, 6) is 0. The average Bonchev–Trinajstić information content (AvgIpc) is 2.22. The Kier molecular flexibility index (Phi) is 11.7. The van der Waals surface area contributed by atoms with E-state index in [-0.39, 0.29) is 0 Å². The maximum Gasteiger partial charge on any atom is 0.503 e. The number of hydrogen-bond acceptors (Lipinski definition) is 4. The second kappa shape index (κ2) is 9.81. The molecule has 0 aliphatic carbocycles. The van der Waals surface area contributed by atoms with Crippen LogP contribution >= 0.6 is 0 Å². The van der Waals surface area contributed by atoms with Gasteiger partial charge in [-0.1, -0.05) is 13.8 Å². The van der Waals surface area contributed by atoms with Gasteiger partial charge in [-0.3, -0.25) is 0 Å². The highest BCUT2D eigenvalue weighted by molar-refractivity contribution is 6.62. The maximum atomic E-state index is 5.28. The van der Waals surface area contributed by atoms with Crippen LogP contribution in [0.1, 0.15) is 20.3 Å². The summed E-state index contributed by atoms with van der Waals surface area (Å²) in [6.45, 7) is 4.19. The molecule has 1 unspecified atom stereocenters. The molecule has 0 fully saturated rings. The summed E-state index contributed by atoms with van der Waals surface area (Å²) in [4.78, 5) is 0. The summed E-state index contributed by atoms with van der Waals surface area (Å²) >= 11 is 0. The fourth-order valence-corrected chi connectivity index (χ4v) is 3.31. The molecule has 0 saturated carbocycles. The van der Waals surface area contributed by atoms with E-state index in [9.17, 15) is 0 Å². The van der Waals surface area contributed by atoms with E-state index in [0.29, 0.717) is 5.54 Å². The molecular weight excluding hydrogens is 216 g/mol. The van der Waals surface area contributed by atoms with Gasteiger partial charge in [0.25, 0.3) is 0 Å². The molecule has 0 aliphatic rings. The highest BCUT2D eigenvalue weighted by Gasteiger charge is 2.43. The Labute approximate surface area is 91.8 Å². The summed E-state index contributed by atoms with van der Waals surface area (Å²) in [6, 6.07) is 0. The third-order valence-corrected chi connectivity index (χ3v) is 5.39. The molecule has 0 aromatic heterocycles. The smallest absolute Gasteiger partial charge is 0.431 e. The van der Waals surface area contributed by atoms with Crippen molar-refractivity contribution in [2.45, 2.75) is 25.8 Å². The first-order valence-corrected chi connectivity index (χ1v) is 7.25. The van der Waals surface area contributed by atoms with Gasteiger partial charge in [0.05, 0.1) is 0 Å². The standard InChI is InChI=1S/C7H18O3Si.CH6OSi/c1-6-7(2)11(8-3,9-4)10-5;1-2-3/h7H,6H2,1-5H3;1,3H3. The van der Waals surface area contributed by atoms with Crippen molar-refractivity contribution >= 4 is 19.3 Å². The zero-order chi connectivity index (χ0) is 11.6. The Morgan fingerprint density at radius 3 is 1.43 bits per heavy atom. The van der Waals surface area contributed by atoms with Gasteiger partial charge in [-0.15, -0.1) is 0 Å². The average molecular weight is 240 g/mol. The monoisotopic (exact) mass is 240 g/mol. The Hall–Kier alpha value is 0.274. The molecular formula is C8H24O4Si2. The molecule has 0 aromatic rings. The predicted molar refractivity (Wildman–Crippen MR) is 63.4 cm³/mol. The van der Waals surface area contributed by atoms with Crippen LogP contribution in [0.15, 0.2) is 0 Å². The lowest BCUT2D eigenvalue weighted by Gasteiger charge is -2.29. The SMILES string of the molecule is CCC(C)[Si](OC)(OC)OC.CO[SiH3]. The van der Waals surface area contributed by atoms with E-state index in [1.807, 2.05) is 0 Å². The largest absolute Gasteiger partial charge is 0.503 e. The Morgan fingerprint density at radius 2 is 1.36 bits per heavy atom. The molecule has 0 saturated heterocycles. The minimum Gasteiger partial charge on any atom is -0.431 e. The van der Waals surface area contributed by atoms with Gasteiger partial charge in [0.15, 0.2) is 0 Å². The summed E-state index contributed by atoms with van der Waals surface area (Å²) < 4.78 is 20.2. The van der Waals surface area contributed by atoms with E-state index < -0.39 is 8.80 Å². The second-order valence-corrected chi connectivity index (χ2v) is 7.17. The molecule has 0 heterocycles. The van der Waals surface area contributed by atoms with Crippen LogP contribution < -0.4 is 0 Å². The lowest BCUT2D eigenvalue weighted by Crippen LogP contribution is -2.46. The van der Waals surface area contributed by atoms with Crippen molar-refractivity contribution in [1.29, 1.82) is 0 Å². The lowest BCUT2D eigenvalue weighted by atomic mass is 10.4. The molecule has 0 aliphatic heterocycles. The van der Waals surface area contributed by atoms with Crippen LogP contribution in [-0.2, 0) is 17.7 Å². The second-order valence-electron chi connectivity index (χ2n) is 2.93. The summed E-state index contributed by atoms with van der Waals surface area (Å²) in [6.07, 6.45) is 1.02. The Bertz CT molecular complexity index is 112. The van der Waals surface area contributed by atoms with Gasteiger partial charge in [-0.25, -0.2) is 0 Å². The minimum absolute atomic E-state index is 0.363. The van der Waals surface area contributed by atoms with Crippen molar-refractivity contribution in [1.82, 2.24) is 0 Å². The van der Waals surface area contributed by atoms with Gasteiger partial charge in [-0.2, -0.15) is 0 Å². The van der Waals surface area contributed by atoms with Crippen LogP contribution in [0.5, 0.6) is 0 Å². The molecule has 4 nitrogen and oxygen atoms in total. The minimum atomic E-state index is -2.32.